The van der Waals surface area contributed by atoms with Gasteiger partial charge in [-0.1, -0.05) is 74.9 Å². The molecule has 2 atom stereocenters. The van der Waals surface area contributed by atoms with Crippen LogP contribution in [0.1, 0.15) is 70.1 Å². The van der Waals surface area contributed by atoms with E-state index in [4.69, 9.17) is 11.6 Å². The molecule has 0 aromatic heterocycles. The highest BCUT2D eigenvalue weighted by Gasteiger charge is 2.28. The minimum absolute atomic E-state index is 0.205. The predicted molar refractivity (Wildman–Crippen MR) is 168 cm³/mol. The molecule has 8 heteroatoms. The van der Waals surface area contributed by atoms with E-state index in [-0.39, 0.29) is 10.6 Å². The van der Waals surface area contributed by atoms with Crippen molar-refractivity contribution < 1.29 is 19.0 Å². The van der Waals surface area contributed by atoms with Crippen molar-refractivity contribution in [2.24, 2.45) is 11.8 Å². The highest BCUT2D eigenvalue weighted by molar-refractivity contribution is 7.79. The summed E-state index contributed by atoms with van der Waals surface area (Å²) in [7, 11) is 0. The van der Waals surface area contributed by atoms with Crippen LogP contribution in [0.15, 0.2) is 65.6 Å². The third kappa shape index (κ3) is 6.98. The van der Waals surface area contributed by atoms with Gasteiger partial charge in [-0.2, -0.15) is 0 Å². The summed E-state index contributed by atoms with van der Waals surface area (Å²) < 4.78 is 23.7. The number of anilines is 3. The number of aliphatic hydroxyl groups is 2. The summed E-state index contributed by atoms with van der Waals surface area (Å²) in [5.74, 6) is 1.05. The Labute approximate surface area is 251 Å². The number of aliphatic hydroxyl groups excluding tert-OH is 1. The molecule has 0 amide bonds. The van der Waals surface area contributed by atoms with Crippen molar-refractivity contribution in [3.8, 4) is 11.1 Å². The largest absolute Gasteiger partial charge is 0.371 e. The van der Waals surface area contributed by atoms with E-state index in [1.807, 2.05) is 30.3 Å². The van der Waals surface area contributed by atoms with Gasteiger partial charge in [-0.15, -0.1) is 0 Å². The normalized spacial score (nSPS) is 18.0. The second kappa shape index (κ2) is 13.7. The third-order valence-corrected chi connectivity index (χ3v) is 9.88. The molecule has 6 nitrogen and oxygen atoms in total. The number of nitrogens with zero attached hydrogens (tertiary/aromatic N) is 2. The Morgan fingerprint density at radius 3 is 2.29 bits per heavy atom. The van der Waals surface area contributed by atoms with Gasteiger partial charge in [-0.3, -0.25) is 0 Å². The lowest BCUT2D eigenvalue weighted by Gasteiger charge is -2.36. The third-order valence-electron chi connectivity index (χ3n) is 8.83. The molecule has 3 aromatic rings. The second-order valence-electron chi connectivity index (χ2n) is 11.6. The molecule has 220 valence electrons. The van der Waals surface area contributed by atoms with Gasteiger partial charge in [0.2, 0.25) is 0 Å². The molecular weight excluding hydrogens is 556 g/mol. The maximum absolute atomic E-state index is 13.0. The monoisotopic (exact) mass is 596 g/mol. The summed E-state index contributed by atoms with van der Waals surface area (Å²) in [6.45, 7) is 4.85. The number of piperidine rings is 1. The lowest BCUT2D eigenvalue weighted by atomic mass is 9.80. The number of benzene rings is 3. The number of halogens is 1. The van der Waals surface area contributed by atoms with Crippen molar-refractivity contribution in [3.63, 3.8) is 0 Å². The Kier molecular flexibility index (Phi) is 10.0. The minimum Gasteiger partial charge on any atom is -0.371 e. The van der Waals surface area contributed by atoms with Gasteiger partial charge in [0.25, 0.3) is 0 Å². The van der Waals surface area contributed by atoms with Crippen LogP contribution < -0.4 is 9.80 Å². The van der Waals surface area contributed by atoms with Crippen molar-refractivity contribution in [1.29, 1.82) is 0 Å². The van der Waals surface area contributed by atoms with E-state index >= 15 is 0 Å². The van der Waals surface area contributed by atoms with Crippen LogP contribution in [-0.2, 0) is 11.1 Å². The maximum atomic E-state index is 13.0. The molecule has 0 radical (unpaired) electrons. The van der Waals surface area contributed by atoms with Gasteiger partial charge in [0, 0.05) is 47.2 Å². The predicted octanol–water partition coefficient (Wildman–Crippen LogP) is 7.92. The first-order valence-corrected chi connectivity index (χ1v) is 16.3. The first-order chi connectivity index (χ1) is 19.8. The van der Waals surface area contributed by atoms with E-state index in [0.29, 0.717) is 16.7 Å². The molecule has 3 N–H and O–H groups in total. The number of rotatable bonds is 9. The second-order valence-corrected chi connectivity index (χ2v) is 12.9. The highest BCUT2D eigenvalue weighted by Crippen LogP contribution is 2.43. The number of para-hydroxylation sites is 1. The van der Waals surface area contributed by atoms with Crippen LogP contribution in [0.5, 0.6) is 0 Å². The Morgan fingerprint density at radius 2 is 1.63 bits per heavy atom. The summed E-state index contributed by atoms with van der Waals surface area (Å²) in [6.07, 6.45) is 7.91. The van der Waals surface area contributed by atoms with Crippen molar-refractivity contribution in [2.75, 3.05) is 29.4 Å². The van der Waals surface area contributed by atoms with Crippen molar-refractivity contribution in [3.05, 3.63) is 71.2 Å². The lowest BCUT2D eigenvalue weighted by Crippen LogP contribution is -2.32. The summed E-state index contributed by atoms with van der Waals surface area (Å²) in [5, 5.41) is 20.1. The van der Waals surface area contributed by atoms with E-state index in [1.165, 1.54) is 38.5 Å². The Bertz CT molecular complexity index is 1340. The smallest absolute Gasteiger partial charge is 0.188 e. The fourth-order valence-corrected chi connectivity index (χ4v) is 7.32. The average Bonchev–Trinajstić information content (AvgIpc) is 3.00. The Morgan fingerprint density at radius 1 is 0.951 bits per heavy atom. The Balaban J connectivity index is 1.67. The fraction of sp³-hybridized carbons (Fsp3) is 0.455. The number of hydrogen-bond donors (Lipinski definition) is 3. The summed E-state index contributed by atoms with van der Waals surface area (Å²) in [4.78, 5) is 4.91. The Hall–Kier alpha value is -2.42. The van der Waals surface area contributed by atoms with Gasteiger partial charge in [0.15, 0.2) is 17.4 Å². The summed E-state index contributed by atoms with van der Waals surface area (Å²) in [5.41, 5.74) is 4.41. The molecule has 3 aromatic carbocycles. The molecule has 2 fully saturated rings. The van der Waals surface area contributed by atoms with Crippen LogP contribution in [0, 0.1) is 11.8 Å². The van der Waals surface area contributed by atoms with Crippen LogP contribution in [-0.4, -0.2) is 38.6 Å². The first kappa shape index (κ1) is 30.1. The van der Waals surface area contributed by atoms with Gasteiger partial charge in [-0.05, 0) is 73.1 Å². The first-order valence-electron chi connectivity index (χ1n) is 14.9. The van der Waals surface area contributed by atoms with Gasteiger partial charge >= 0.3 is 0 Å². The van der Waals surface area contributed by atoms with Gasteiger partial charge in [0.1, 0.15) is 0 Å². The van der Waals surface area contributed by atoms with Gasteiger partial charge in [-0.25, -0.2) is 4.21 Å². The molecular formula is C33H41ClN2O4S. The fourth-order valence-electron chi connectivity index (χ4n) is 6.54. The quantitative estimate of drug-likeness (QED) is 0.172. The van der Waals surface area contributed by atoms with Crippen LogP contribution in [0.4, 0.5) is 17.1 Å². The SMILES string of the molecule is C[C@@H](CN(c1ccccc1)c1cc(N2CCCCC2)c(-c2ccc(Cl)c(C(O)O)c2)cc1S(=O)O)C1CCCCC1. The van der Waals surface area contributed by atoms with E-state index in [2.05, 4.69) is 34.9 Å². The molecule has 0 bridgehead atoms. The zero-order valence-corrected chi connectivity index (χ0v) is 25.3. The molecule has 1 saturated heterocycles. The standard InChI is InChI=1S/C33H41ClN2O4S/c1-23(24-11-5-2-6-12-24)22-36(26-13-7-3-8-14-26)31-21-30(35-17-9-4-10-18-35)27(20-32(31)41(39)40)25-15-16-29(34)28(19-25)33(37)38/h3,7-8,13-16,19-21,23-24,33,37-38H,2,4-6,9-12,17-18,22H2,1H3,(H,39,40)/t23-/m0/s1. The highest BCUT2D eigenvalue weighted by atomic mass is 35.5. The van der Waals surface area contributed by atoms with E-state index in [9.17, 15) is 19.0 Å². The lowest BCUT2D eigenvalue weighted by molar-refractivity contribution is -0.0423. The summed E-state index contributed by atoms with van der Waals surface area (Å²) in [6, 6.07) is 19.2. The van der Waals surface area contributed by atoms with Crippen molar-refractivity contribution in [2.45, 2.75) is 69.5 Å². The van der Waals surface area contributed by atoms with E-state index < -0.39 is 17.4 Å². The molecule has 1 heterocycles. The maximum Gasteiger partial charge on any atom is 0.188 e. The van der Waals surface area contributed by atoms with Crippen LogP contribution in [0.2, 0.25) is 5.02 Å². The van der Waals surface area contributed by atoms with Crippen molar-refractivity contribution >= 4 is 39.7 Å². The average molecular weight is 597 g/mol. The van der Waals surface area contributed by atoms with Crippen molar-refractivity contribution in [1.82, 2.24) is 0 Å². The van der Waals surface area contributed by atoms with Gasteiger partial charge < -0.3 is 24.6 Å². The molecule has 1 aliphatic carbocycles. The molecule has 41 heavy (non-hydrogen) atoms. The zero-order valence-electron chi connectivity index (χ0n) is 23.7. The molecule has 5 rings (SSSR count). The van der Waals surface area contributed by atoms with Gasteiger partial charge in [0.05, 0.1) is 10.6 Å². The van der Waals surface area contributed by atoms with E-state index in [0.717, 1.165) is 60.7 Å². The van der Waals surface area contributed by atoms with Crippen LogP contribution in [0.3, 0.4) is 0 Å². The topological polar surface area (TPSA) is 84.2 Å². The van der Waals surface area contributed by atoms with Crippen LogP contribution >= 0.6 is 11.6 Å². The number of hydrogen-bond acceptors (Lipinski definition) is 5. The molecule has 0 spiro atoms. The summed E-state index contributed by atoms with van der Waals surface area (Å²) >= 11 is 4.01. The van der Waals surface area contributed by atoms with Crippen LogP contribution in [0.25, 0.3) is 11.1 Å². The molecule has 1 saturated carbocycles. The molecule has 2 aliphatic rings. The molecule has 1 unspecified atom stereocenters. The molecule has 1 aliphatic heterocycles. The zero-order chi connectivity index (χ0) is 28.9. The van der Waals surface area contributed by atoms with E-state index in [1.54, 1.807) is 12.1 Å². The minimum atomic E-state index is -2.26.